The van der Waals surface area contributed by atoms with E-state index in [0.29, 0.717) is 19.7 Å². The molecule has 5 heteroatoms. The maximum atomic E-state index is 12.9. The number of benzene rings is 2. The van der Waals surface area contributed by atoms with Crippen molar-refractivity contribution in [3.8, 4) is 11.5 Å². The van der Waals surface area contributed by atoms with Gasteiger partial charge in [0, 0.05) is 5.56 Å². The SMILES string of the molecule is CC1CN(C(=O)Nc2cccc3c2OCCC3)Cc2ccccc2O1. The molecule has 0 saturated heterocycles. The number of para-hydroxylation sites is 2. The lowest BCUT2D eigenvalue weighted by molar-refractivity contribution is 0.166. The molecule has 0 aromatic heterocycles. The third-order valence-electron chi connectivity index (χ3n) is 4.60. The van der Waals surface area contributed by atoms with Crippen molar-refractivity contribution in [1.82, 2.24) is 4.90 Å². The van der Waals surface area contributed by atoms with Gasteiger partial charge in [-0.2, -0.15) is 0 Å². The fourth-order valence-corrected chi connectivity index (χ4v) is 3.42. The molecule has 1 atom stereocenters. The van der Waals surface area contributed by atoms with E-state index in [2.05, 4.69) is 11.4 Å². The van der Waals surface area contributed by atoms with Gasteiger partial charge in [0.2, 0.25) is 0 Å². The molecule has 25 heavy (non-hydrogen) atoms. The molecule has 1 unspecified atom stereocenters. The minimum atomic E-state index is -0.130. The van der Waals surface area contributed by atoms with Crippen molar-refractivity contribution >= 4 is 11.7 Å². The summed E-state index contributed by atoms with van der Waals surface area (Å²) in [7, 11) is 0. The van der Waals surface area contributed by atoms with Crippen LogP contribution in [0.2, 0.25) is 0 Å². The van der Waals surface area contributed by atoms with Crippen LogP contribution in [0.15, 0.2) is 42.5 Å². The predicted molar refractivity (Wildman–Crippen MR) is 96.2 cm³/mol. The predicted octanol–water partition coefficient (Wildman–Crippen LogP) is 3.83. The Kier molecular flexibility index (Phi) is 4.22. The van der Waals surface area contributed by atoms with E-state index in [0.717, 1.165) is 41.2 Å². The van der Waals surface area contributed by atoms with Gasteiger partial charge in [-0.05, 0) is 37.5 Å². The van der Waals surface area contributed by atoms with Crippen molar-refractivity contribution in [3.05, 3.63) is 53.6 Å². The van der Waals surface area contributed by atoms with E-state index in [9.17, 15) is 4.79 Å². The molecule has 130 valence electrons. The summed E-state index contributed by atoms with van der Waals surface area (Å²) in [5, 5.41) is 3.03. The van der Waals surface area contributed by atoms with Crippen molar-refractivity contribution in [2.45, 2.75) is 32.4 Å². The van der Waals surface area contributed by atoms with Crippen LogP contribution in [0.5, 0.6) is 11.5 Å². The Labute approximate surface area is 147 Å². The second kappa shape index (κ2) is 6.67. The van der Waals surface area contributed by atoms with Crippen LogP contribution in [0.3, 0.4) is 0 Å². The van der Waals surface area contributed by atoms with E-state index >= 15 is 0 Å². The van der Waals surface area contributed by atoms with Crippen molar-refractivity contribution in [2.75, 3.05) is 18.5 Å². The molecule has 0 saturated carbocycles. The van der Waals surface area contributed by atoms with Crippen LogP contribution in [0.25, 0.3) is 0 Å². The Bertz CT molecular complexity index is 790. The molecule has 2 aromatic rings. The Morgan fingerprint density at radius 3 is 2.92 bits per heavy atom. The standard InChI is InChI=1S/C20H22N2O3/c1-14-12-22(13-16-6-2-3-10-18(16)25-14)20(23)21-17-9-4-7-15-8-5-11-24-19(15)17/h2-4,6-7,9-10,14H,5,8,11-13H2,1H3,(H,21,23). The maximum absolute atomic E-state index is 12.9. The number of rotatable bonds is 1. The van der Waals surface area contributed by atoms with Crippen LogP contribution in [0.1, 0.15) is 24.5 Å². The first-order chi connectivity index (χ1) is 12.2. The number of carbonyl (C=O) groups excluding carboxylic acids is 1. The van der Waals surface area contributed by atoms with Gasteiger partial charge in [-0.1, -0.05) is 30.3 Å². The van der Waals surface area contributed by atoms with Gasteiger partial charge in [0.25, 0.3) is 0 Å². The second-order valence-electron chi connectivity index (χ2n) is 6.59. The molecular formula is C20H22N2O3. The van der Waals surface area contributed by atoms with Crippen molar-refractivity contribution in [3.63, 3.8) is 0 Å². The molecule has 2 aliphatic rings. The van der Waals surface area contributed by atoms with Crippen LogP contribution in [0, 0.1) is 0 Å². The number of amides is 2. The molecule has 4 rings (SSSR count). The molecule has 2 aliphatic heterocycles. The summed E-state index contributed by atoms with van der Waals surface area (Å²) in [6, 6.07) is 13.7. The van der Waals surface area contributed by atoms with Crippen LogP contribution >= 0.6 is 0 Å². The highest BCUT2D eigenvalue weighted by Crippen LogP contribution is 2.33. The lowest BCUT2D eigenvalue weighted by Gasteiger charge is -2.25. The monoisotopic (exact) mass is 338 g/mol. The first kappa shape index (κ1) is 15.8. The van der Waals surface area contributed by atoms with E-state index in [1.54, 1.807) is 4.90 Å². The molecule has 0 radical (unpaired) electrons. The van der Waals surface area contributed by atoms with Gasteiger partial charge in [0.1, 0.15) is 17.6 Å². The number of fused-ring (bicyclic) bond motifs is 2. The number of carbonyl (C=O) groups is 1. The molecule has 2 aromatic carbocycles. The molecule has 0 fully saturated rings. The van der Waals surface area contributed by atoms with Crippen LogP contribution in [-0.4, -0.2) is 30.2 Å². The smallest absolute Gasteiger partial charge is 0.322 e. The number of aryl methyl sites for hydroxylation is 1. The normalized spacial score (nSPS) is 18.9. The molecule has 0 aliphatic carbocycles. The molecular weight excluding hydrogens is 316 g/mol. The summed E-state index contributed by atoms with van der Waals surface area (Å²) >= 11 is 0. The summed E-state index contributed by atoms with van der Waals surface area (Å²) in [5.74, 6) is 1.66. The van der Waals surface area contributed by atoms with Crippen molar-refractivity contribution in [1.29, 1.82) is 0 Å². The average molecular weight is 338 g/mol. The molecule has 0 spiro atoms. The fourth-order valence-electron chi connectivity index (χ4n) is 3.42. The first-order valence-corrected chi connectivity index (χ1v) is 8.76. The van der Waals surface area contributed by atoms with Gasteiger partial charge >= 0.3 is 6.03 Å². The minimum absolute atomic E-state index is 0.0599. The zero-order valence-corrected chi connectivity index (χ0v) is 14.3. The number of ether oxygens (including phenoxy) is 2. The Hall–Kier alpha value is -2.69. The van der Waals surface area contributed by atoms with E-state index in [1.165, 1.54) is 0 Å². The van der Waals surface area contributed by atoms with Gasteiger partial charge in [-0.15, -0.1) is 0 Å². The number of anilines is 1. The molecule has 1 N–H and O–H groups in total. The van der Waals surface area contributed by atoms with Gasteiger partial charge in [0.15, 0.2) is 0 Å². The second-order valence-corrected chi connectivity index (χ2v) is 6.59. The topological polar surface area (TPSA) is 50.8 Å². The van der Waals surface area contributed by atoms with Gasteiger partial charge < -0.3 is 19.7 Å². The molecule has 0 bridgehead atoms. The Morgan fingerprint density at radius 2 is 2.00 bits per heavy atom. The van der Waals surface area contributed by atoms with Gasteiger partial charge in [-0.3, -0.25) is 0 Å². The number of hydrogen-bond donors (Lipinski definition) is 1. The van der Waals surface area contributed by atoms with Crippen LogP contribution in [-0.2, 0) is 13.0 Å². The van der Waals surface area contributed by atoms with Crippen molar-refractivity contribution in [2.24, 2.45) is 0 Å². The van der Waals surface area contributed by atoms with E-state index < -0.39 is 0 Å². The summed E-state index contributed by atoms with van der Waals surface area (Å²) in [6.45, 7) is 3.75. The fraction of sp³-hybridized carbons (Fsp3) is 0.350. The zero-order valence-electron chi connectivity index (χ0n) is 14.3. The lowest BCUT2D eigenvalue weighted by atomic mass is 10.1. The van der Waals surface area contributed by atoms with E-state index in [1.807, 2.05) is 43.3 Å². The van der Waals surface area contributed by atoms with Gasteiger partial charge in [-0.25, -0.2) is 4.79 Å². The summed E-state index contributed by atoms with van der Waals surface area (Å²) in [6.07, 6.45) is 1.94. The third-order valence-corrected chi connectivity index (χ3v) is 4.60. The van der Waals surface area contributed by atoms with Crippen LogP contribution in [0.4, 0.5) is 10.5 Å². The summed E-state index contributed by atoms with van der Waals surface area (Å²) < 4.78 is 11.7. The lowest BCUT2D eigenvalue weighted by Crippen LogP contribution is -2.39. The summed E-state index contributed by atoms with van der Waals surface area (Å²) in [5.41, 5.74) is 2.92. The third kappa shape index (κ3) is 3.27. The average Bonchev–Trinajstić information content (AvgIpc) is 2.80. The van der Waals surface area contributed by atoms with Crippen LogP contribution < -0.4 is 14.8 Å². The number of hydrogen-bond acceptors (Lipinski definition) is 3. The van der Waals surface area contributed by atoms with Crippen molar-refractivity contribution < 1.29 is 14.3 Å². The zero-order chi connectivity index (χ0) is 17.2. The highest BCUT2D eigenvalue weighted by Gasteiger charge is 2.25. The molecule has 2 heterocycles. The van der Waals surface area contributed by atoms with Gasteiger partial charge in [0.05, 0.1) is 25.4 Å². The Morgan fingerprint density at radius 1 is 1.16 bits per heavy atom. The van der Waals surface area contributed by atoms with E-state index in [4.69, 9.17) is 9.47 Å². The molecule has 2 amide bonds. The highest BCUT2D eigenvalue weighted by atomic mass is 16.5. The number of nitrogens with zero attached hydrogens (tertiary/aromatic N) is 1. The number of urea groups is 1. The van der Waals surface area contributed by atoms with E-state index in [-0.39, 0.29) is 12.1 Å². The number of nitrogens with one attached hydrogen (secondary N) is 1. The largest absolute Gasteiger partial charge is 0.491 e. The highest BCUT2D eigenvalue weighted by molar-refractivity contribution is 5.91. The molecule has 5 nitrogen and oxygen atoms in total. The summed E-state index contributed by atoms with van der Waals surface area (Å²) in [4.78, 5) is 14.7. The minimum Gasteiger partial charge on any atom is -0.491 e. The quantitative estimate of drug-likeness (QED) is 0.860. The maximum Gasteiger partial charge on any atom is 0.322 e. The Balaban J connectivity index is 1.55. The first-order valence-electron chi connectivity index (χ1n) is 8.76.